The van der Waals surface area contributed by atoms with E-state index in [9.17, 15) is 37.5 Å². The fourth-order valence-electron chi connectivity index (χ4n) is 13.7. The monoisotopic (exact) mass is 1580 g/mol. The number of nitrogens with zero attached hydrogens (tertiary/aromatic N) is 14. The molecule has 586 valence electrons. The van der Waals surface area contributed by atoms with Crippen LogP contribution in [0.1, 0.15) is 138 Å². The topological polar surface area (TPSA) is 318 Å². The summed E-state index contributed by atoms with van der Waals surface area (Å²) in [5.41, 5.74) is 8.91. The zero-order valence-electron chi connectivity index (χ0n) is 65.2. The van der Waals surface area contributed by atoms with Gasteiger partial charge in [-0.05, 0) is 131 Å². The lowest BCUT2D eigenvalue weighted by atomic mass is 9.97. The van der Waals surface area contributed by atoms with E-state index >= 15 is 0 Å². The number of aryl methyl sites for hydroxylation is 6. The number of aromatic nitrogens is 14. The lowest BCUT2D eigenvalue weighted by Gasteiger charge is -2.18. The van der Waals surface area contributed by atoms with E-state index in [0.29, 0.717) is 112 Å². The van der Waals surface area contributed by atoms with Crippen LogP contribution in [0, 0.1) is 67.9 Å². The molecule has 3 unspecified atom stereocenters. The van der Waals surface area contributed by atoms with Crippen LogP contribution in [0.4, 0.5) is 8.78 Å². The number of benzene rings is 6. The average Bonchev–Trinajstić information content (AvgIpc) is 1.57. The molecule has 6 aromatic carbocycles. The summed E-state index contributed by atoms with van der Waals surface area (Å²) >= 11 is 0. The highest BCUT2D eigenvalue weighted by atomic mass is 19.1. The molecule has 3 amide bonds. The smallest absolute Gasteiger partial charge is 0.272 e. The van der Waals surface area contributed by atoms with E-state index < -0.39 is 52.9 Å². The van der Waals surface area contributed by atoms with Gasteiger partial charge in [-0.1, -0.05) is 108 Å². The number of amides is 3. The Morgan fingerprint density at radius 3 is 1.19 bits per heavy atom. The van der Waals surface area contributed by atoms with Crippen molar-refractivity contribution in [3.8, 4) is 68.9 Å². The highest BCUT2D eigenvalue weighted by Gasteiger charge is 2.30. The molecular weight excluding hydrogens is 1510 g/mol. The third kappa shape index (κ3) is 16.4. The van der Waals surface area contributed by atoms with E-state index in [1.54, 1.807) is 204 Å². The van der Waals surface area contributed by atoms with Gasteiger partial charge in [-0.15, -0.1) is 0 Å². The van der Waals surface area contributed by atoms with Gasteiger partial charge in [0, 0.05) is 93.6 Å². The molecule has 0 bridgehead atoms. The van der Waals surface area contributed by atoms with Gasteiger partial charge in [0.1, 0.15) is 62.5 Å². The molecule has 0 saturated carbocycles. The number of hydrogen-bond donors (Lipinski definition) is 3. The first-order chi connectivity index (χ1) is 57.5. The number of fused-ring (bicyclic) bond motifs is 5. The van der Waals surface area contributed by atoms with E-state index in [-0.39, 0.29) is 55.6 Å². The molecule has 0 spiro atoms. The van der Waals surface area contributed by atoms with Gasteiger partial charge >= 0.3 is 0 Å². The van der Waals surface area contributed by atoms with Gasteiger partial charge in [-0.3, -0.25) is 47.8 Å². The van der Waals surface area contributed by atoms with Crippen LogP contribution in [0.3, 0.4) is 0 Å². The molecular formula is C91H69F2N17O9. The first-order valence-corrected chi connectivity index (χ1v) is 37.2. The summed E-state index contributed by atoms with van der Waals surface area (Å²) in [6.07, 6.45) is 19.8. The molecule has 3 N–H and O–H groups in total. The molecule has 17 aromatic rings. The van der Waals surface area contributed by atoms with Crippen LogP contribution in [0.2, 0.25) is 0 Å². The minimum absolute atomic E-state index is 0.134. The van der Waals surface area contributed by atoms with Gasteiger partial charge < -0.3 is 29.2 Å². The minimum Gasteiger partial charge on any atom is -0.458 e. The minimum atomic E-state index is -0.777. The van der Waals surface area contributed by atoms with Crippen LogP contribution in [0.5, 0.6) is 0 Å². The maximum absolute atomic E-state index is 14.4. The Labute approximate surface area is 675 Å². The van der Waals surface area contributed by atoms with Gasteiger partial charge in [0.25, 0.3) is 17.7 Å². The normalized spacial score (nSPS) is 11.7. The number of carbonyl (C=O) groups excluding carboxylic acids is 3. The summed E-state index contributed by atoms with van der Waals surface area (Å²) < 4.78 is 55.1. The molecule has 17 rings (SSSR count). The quantitative estimate of drug-likeness (QED) is 0.0957. The van der Waals surface area contributed by atoms with Gasteiger partial charge in [0.15, 0.2) is 11.3 Å². The van der Waals surface area contributed by atoms with Crippen molar-refractivity contribution in [2.24, 2.45) is 21.1 Å². The lowest BCUT2D eigenvalue weighted by molar-refractivity contribution is 0.0923. The highest BCUT2D eigenvalue weighted by Crippen LogP contribution is 2.35. The molecule has 0 aliphatic heterocycles. The predicted octanol–water partition coefficient (Wildman–Crippen LogP) is 13.3. The predicted molar refractivity (Wildman–Crippen MR) is 441 cm³/mol. The van der Waals surface area contributed by atoms with Crippen molar-refractivity contribution in [1.82, 2.24) is 84.5 Å². The molecule has 26 nitrogen and oxygen atoms in total. The van der Waals surface area contributed by atoms with Crippen molar-refractivity contribution < 1.29 is 36.4 Å². The van der Waals surface area contributed by atoms with Crippen LogP contribution in [-0.2, 0) is 21.1 Å². The molecule has 11 heterocycles. The zero-order valence-corrected chi connectivity index (χ0v) is 65.2. The molecule has 0 aliphatic rings. The Balaban J connectivity index is 0.000000140. The maximum atomic E-state index is 14.4. The second-order valence-electron chi connectivity index (χ2n) is 27.7. The van der Waals surface area contributed by atoms with E-state index in [0.717, 1.165) is 5.56 Å². The summed E-state index contributed by atoms with van der Waals surface area (Å²) in [7, 11) is 5.40. The largest absolute Gasteiger partial charge is 0.458 e. The summed E-state index contributed by atoms with van der Waals surface area (Å²) in [5, 5.41) is 30.8. The molecule has 0 fully saturated rings. The van der Waals surface area contributed by atoms with Crippen molar-refractivity contribution >= 4 is 61.9 Å². The molecule has 119 heavy (non-hydrogen) atoms. The van der Waals surface area contributed by atoms with Gasteiger partial charge in [0.05, 0.1) is 103 Å². The number of nitrogens with one attached hydrogen (secondary N) is 3. The average molecular weight is 1580 g/mol. The Bertz CT molecular complexity index is 7280. The molecule has 0 saturated heterocycles. The molecule has 3 atom stereocenters. The van der Waals surface area contributed by atoms with Gasteiger partial charge in [-0.2, -0.15) is 25.5 Å². The van der Waals surface area contributed by atoms with E-state index in [4.69, 9.17) is 13.3 Å². The van der Waals surface area contributed by atoms with Crippen LogP contribution in [-0.4, -0.2) is 86.2 Å². The standard InChI is InChI=1S/2C31H23FN6O3.C29H23N5O3/c1-18-25(30-33-13-6-14-38(30)36-18)31(40)35-19(2)29-27(22-8-4-9-23(32)15-22)28(39)26-21(7-5-10-24(26)41-29)12-11-20-16-34-37(3)17-20;1-18-25(30-33-14-5-15-38(30)36-18)31(40)35-19(2)29-27(22-10-12-23(32)13-11-22)28(39)26-21(6-4-7-24(26)41-29)9-8-20-16-34-37(3)17-20;1-18-26(31-15-14-30-18)29(36)33-19(2)28-25(21-8-5-4-6-9-21)27(35)24-22(10-7-11-23(24)37-28)13-12-20-16-32-34(3)17-20/h4-10,13-17,19H,1-3H3,(H,35,40);4-7,10-17,19H,1-3H3,(H,35,40);4-11,14-17,19H,1-3H3,(H,33,36). The van der Waals surface area contributed by atoms with Crippen molar-refractivity contribution in [2.45, 2.75) is 59.7 Å². The maximum Gasteiger partial charge on any atom is 0.272 e. The summed E-state index contributed by atoms with van der Waals surface area (Å²) in [6.45, 7) is 10.3. The SMILES string of the molecule is Cc1nccnc1C(=O)NC(C)c1oc2cccc(C#Cc3cnn(C)c3)c2c(=O)c1-c1ccccc1.Cc1nn2cccnc2c1C(=O)NC(C)c1oc2cccc(C#Cc3cnn(C)c3)c2c(=O)c1-c1ccc(F)cc1.Cc1nn2cccnc2c1C(=O)NC(C)c1oc2cccc(C#Cc3cnn(C)c3)c2c(=O)c1-c1cccc(F)c1. The second-order valence-corrected chi connectivity index (χ2v) is 27.7. The summed E-state index contributed by atoms with van der Waals surface area (Å²) in [4.78, 5) is 99.0. The summed E-state index contributed by atoms with van der Waals surface area (Å²) in [6, 6.07) is 37.4. The van der Waals surface area contributed by atoms with Gasteiger partial charge in [0.2, 0.25) is 16.3 Å². The van der Waals surface area contributed by atoms with Crippen LogP contribution in [0.15, 0.2) is 248 Å². The fourth-order valence-corrected chi connectivity index (χ4v) is 13.7. The third-order valence-corrected chi connectivity index (χ3v) is 19.2. The van der Waals surface area contributed by atoms with Crippen molar-refractivity contribution in [1.29, 1.82) is 0 Å². The van der Waals surface area contributed by atoms with Crippen molar-refractivity contribution in [2.75, 3.05) is 0 Å². The first kappa shape index (κ1) is 78.1. The molecule has 0 radical (unpaired) electrons. The highest BCUT2D eigenvalue weighted by molar-refractivity contribution is 6.02. The number of rotatable bonds is 12. The Morgan fingerprint density at radius 2 is 0.790 bits per heavy atom. The Morgan fingerprint density at radius 1 is 0.403 bits per heavy atom. The zero-order chi connectivity index (χ0) is 83.3. The van der Waals surface area contributed by atoms with Crippen LogP contribution >= 0.6 is 0 Å². The Hall–Kier alpha value is -16.2. The molecule has 0 aliphatic carbocycles. The van der Waals surface area contributed by atoms with E-state index in [1.807, 2.05) is 37.4 Å². The lowest BCUT2D eigenvalue weighted by Crippen LogP contribution is -2.29. The first-order valence-electron chi connectivity index (χ1n) is 37.2. The van der Waals surface area contributed by atoms with E-state index in [2.05, 4.69) is 96.9 Å². The second kappa shape index (κ2) is 33.5. The van der Waals surface area contributed by atoms with Crippen LogP contribution in [0.25, 0.3) is 77.6 Å². The van der Waals surface area contributed by atoms with Crippen molar-refractivity contribution in [3.05, 3.63) is 347 Å². The summed E-state index contributed by atoms with van der Waals surface area (Å²) in [5.74, 6) is 16.8. The number of halogens is 2. The van der Waals surface area contributed by atoms with Crippen molar-refractivity contribution in [3.63, 3.8) is 0 Å². The molecule has 11 aromatic heterocycles. The Kier molecular flexibility index (Phi) is 22.0. The van der Waals surface area contributed by atoms with E-state index in [1.165, 1.54) is 63.9 Å². The third-order valence-electron chi connectivity index (χ3n) is 19.2. The van der Waals surface area contributed by atoms with Gasteiger partial charge in [-0.25, -0.2) is 32.8 Å². The molecule has 28 heteroatoms. The fraction of sp³-hybridized carbons (Fsp3) is 0.132. The number of carbonyl (C=O) groups is 3. The number of hydrogen-bond acceptors (Lipinski definition) is 18. The van der Waals surface area contributed by atoms with Crippen LogP contribution < -0.4 is 32.2 Å².